The van der Waals surface area contributed by atoms with Gasteiger partial charge in [0.25, 0.3) is 0 Å². The zero-order valence-corrected chi connectivity index (χ0v) is 32.9. The number of sulfone groups is 1. The van der Waals surface area contributed by atoms with E-state index in [0.717, 1.165) is 59.3 Å². The number of aryl methyl sites for hydroxylation is 2. The molecule has 2 N–H and O–H groups in total. The highest BCUT2D eigenvalue weighted by Crippen LogP contribution is 2.40. The maximum absolute atomic E-state index is 14.4. The number of benzene rings is 4. The van der Waals surface area contributed by atoms with Gasteiger partial charge in [0.1, 0.15) is 5.25 Å². The molecule has 5 rings (SSSR count). The number of nitrogens with one attached hydrogen (secondary N) is 2. The van der Waals surface area contributed by atoms with E-state index in [0.29, 0.717) is 4.90 Å². The third-order valence-corrected chi connectivity index (χ3v) is 11.0. The van der Waals surface area contributed by atoms with Crippen LogP contribution in [0, 0.1) is 13.8 Å². The Balaban J connectivity index is 0.000000795. The first-order chi connectivity index (χ1) is 24.7. The fourth-order valence-electron chi connectivity index (χ4n) is 6.33. The molecule has 0 aliphatic rings. The zero-order valence-electron chi connectivity index (χ0n) is 32.1. The Bertz CT molecular complexity index is 1840. The van der Waals surface area contributed by atoms with Crippen molar-refractivity contribution in [2.75, 3.05) is 27.2 Å². The number of para-hydroxylation sites is 1. The summed E-state index contributed by atoms with van der Waals surface area (Å²) in [7, 11) is 0.000207. The van der Waals surface area contributed by atoms with Crippen LogP contribution in [0.5, 0.6) is 0 Å². The predicted molar refractivity (Wildman–Crippen MR) is 220 cm³/mol. The van der Waals surface area contributed by atoms with Gasteiger partial charge in [-0.15, -0.1) is 0 Å². The second kappa shape index (κ2) is 22.1. The minimum absolute atomic E-state index is 0.331. The molecule has 5 aromatic rings. The van der Waals surface area contributed by atoms with E-state index in [1.807, 2.05) is 87.8 Å². The van der Waals surface area contributed by atoms with Crippen LogP contribution in [0.4, 0.5) is 0 Å². The van der Waals surface area contributed by atoms with Crippen LogP contribution in [0.1, 0.15) is 92.5 Å². The van der Waals surface area contributed by atoms with Crippen molar-refractivity contribution in [2.24, 2.45) is 0 Å². The van der Waals surface area contributed by atoms with Crippen molar-refractivity contribution in [3.8, 4) is 0 Å². The minimum Gasteiger partial charge on any atom is -0.344 e. The Labute approximate surface area is 309 Å². The molecule has 51 heavy (non-hydrogen) atoms. The Morgan fingerprint density at radius 3 is 1.84 bits per heavy atom. The molecule has 0 aliphatic carbocycles. The monoisotopic (exact) mass is 707 g/mol. The van der Waals surface area contributed by atoms with E-state index in [-0.39, 0.29) is 0 Å². The molecule has 1 unspecified atom stereocenters. The van der Waals surface area contributed by atoms with Gasteiger partial charge in [0.05, 0.1) is 4.90 Å². The Hall–Kier alpha value is -3.97. The summed E-state index contributed by atoms with van der Waals surface area (Å²) in [6.45, 7) is 13.8. The van der Waals surface area contributed by atoms with Crippen LogP contribution >= 0.6 is 0 Å². The van der Waals surface area contributed by atoms with E-state index >= 15 is 0 Å². The standard InChI is InChI=1S/C39H43NO2S.C4H11N.C2H7N/c1-4-5-6-7-8-17-28-40-31(3)39(35-22-15-16-23-37(35)40)36(32-18-11-9-12-19-32)29-38(33-20-13-10-14-21-33)43(41,42)34-26-24-30(2)25-27-34;1-3-5-4-2;1-3-2/h9-16,18-27,29,38H,4-8,17,28H2,1-3H3;5H,3-4H2,1-2H3;3H,1-2H3. The highest BCUT2D eigenvalue weighted by Gasteiger charge is 2.29. The van der Waals surface area contributed by atoms with Gasteiger partial charge in [-0.2, -0.15) is 0 Å². The number of fused-ring (bicyclic) bond motifs is 1. The number of hydrogen-bond acceptors (Lipinski definition) is 4. The van der Waals surface area contributed by atoms with Crippen molar-refractivity contribution in [1.82, 2.24) is 15.2 Å². The van der Waals surface area contributed by atoms with E-state index in [1.165, 1.54) is 43.3 Å². The van der Waals surface area contributed by atoms with E-state index in [1.54, 1.807) is 12.1 Å². The molecule has 1 atom stereocenters. The van der Waals surface area contributed by atoms with Crippen LogP contribution in [0.15, 0.2) is 120 Å². The summed E-state index contributed by atoms with van der Waals surface area (Å²) >= 11 is 0. The third-order valence-electron chi connectivity index (χ3n) is 8.95. The van der Waals surface area contributed by atoms with E-state index in [4.69, 9.17) is 0 Å². The first-order valence-corrected chi connectivity index (χ1v) is 20.3. The molecule has 0 radical (unpaired) electrons. The number of rotatable bonds is 15. The van der Waals surface area contributed by atoms with Crippen molar-refractivity contribution in [1.29, 1.82) is 0 Å². The zero-order chi connectivity index (χ0) is 37.1. The highest BCUT2D eigenvalue weighted by molar-refractivity contribution is 7.91. The summed E-state index contributed by atoms with van der Waals surface area (Å²) < 4.78 is 31.2. The Kier molecular flexibility index (Phi) is 17.9. The molecule has 0 fully saturated rings. The highest BCUT2D eigenvalue weighted by atomic mass is 32.2. The van der Waals surface area contributed by atoms with Gasteiger partial charge in [-0.3, -0.25) is 0 Å². The average molecular weight is 708 g/mol. The van der Waals surface area contributed by atoms with Crippen molar-refractivity contribution < 1.29 is 8.42 Å². The molecule has 5 nitrogen and oxygen atoms in total. The van der Waals surface area contributed by atoms with Gasteiger partial charge >= 0.3 is 0 Å². The van der Waals surface area contributed by atoms with Gasteiger partial charge in [-0.05, 0) is 82.4 Å². The first-order valence-electron chi connectivity index (χ1n) is 18.7. The molecular formula is C45H61N3O2S. The lowest BCUT2D eigenvalue weighted by Gasteiger charge is -2.19. The smallest absolute Gasteiger partial charge is 0.188 e. The van der Waals surface area contributed by atoms with Crippen molar-refractivity contribution in [3.63, 3.8) is 0 Å². The summed E-state index contributed by atoms with van der Waals surface area (Å²) in [5, 5.41) is 6.16. The molecule has 4 aromatic carbocycles. The summed E-state index contributed by atoms with van der Waals surface area (Å²) in [6, 6.07) is 35.6. The summed E-state index contributed by atoms with van der Waals surface area (Å²) in [5.41, 5.74) is 7.21. The molecule has 1 aromatic heterocycles. The molecule has 0 bridgehead atoms. The molecule has 6 heteroatoms. The van der Waals surface area contributed by atoms with Gasteiger partial charge in [0.2, 0.25) is 0 Å². The molecule has 0 amide bonds. The number of hydrogen-bond donors (Lipinski definition) is 2. The predicted octanol–water partition coefficient (Wildman–Crippen LogP) is 10.7. The first kappa shape index (κ1) is 41.5. The molecule has 1 heterocycles. The number of nitrogens with zero attached hydrogens (tertiary/aromatic N) is 1. The molecular weight excluding hydrogens is 647 g/mol. The third kappa shape index (κ3) is 11.8. The molecule has 0 aliphatic heterocycles. The fraction of sp³-hybridized carbons (Fsp3) is 0.378. The summed E-state index contributed by atoms with van der Waals surface area (Å²) in [6.07, 6.45) is 9.45. The quantitative estimate of drug-likeness (QED) is 0.106. The van der Waals surface area contributed by atoms with E-state index in [9.17, 15) is 8.42 Å². The lowest BCUT2D eigenvalue weighted by molar-refractivity contribution is 0.560. The SMILES string of the molecule is CCCCCCCCn1c(C)c(C(=CC(c2ccccc2)S(=O)(=O)c2ccc(C)cc2)c2ccccc2)c2ccccc21.CCNCC.CNC. The molecule has 0 saturated carbocycles. The average Bonchev–Trinajstić information content (AvgIpc) is 3.42. The van der Waals surface area contributed by atoms with Crippen LogP contribution in [0.3, 0.4) is 0 Å². The maximum atomic E-state index is 14.4. The Morgan fingerprint density at radius 2 is 1.25 bits per heavy atom. The van der Waals surface area contributed by atoms with Gasteiger partial charge in [0, 0.05) is 28.7 Å². The number of aromatic nitrogens is 1. The Morgan fingerprint density at radius 1 is 0.706 bits per heavy atom. The van der Waals surface area contributed by atoms with Crippen molar-refractivity contribution in [3.05, 3.63) is 143 Å². The largest absolute Gasteiger partial charge is 0.344 e. The van der Waals surface area contributed by atoms with Gasteiger partial charge in [-0.1, -0.05) is 156 Å². The van der Waals surface area contributed by atoms with Gasteiger partial charge < -0.3 is 15.2 Å². The van der Waals surface area contributed by atoms with Gasteiger partial charge in [-0.25, -0.2) is 8.42 Å². The fourth-order valence-corrected chi connectivity index (χ4v) is 7.97. The number of unbranched alkanes of at least 4 members (excludes halogenated alkanes) is 5. The minimum atomic E-state index is -3.75. The van der Waals surface area contributed by atoms with Crippen molar-refractivity contribution >= 4 is 26.3 Å². The van der Waals surface area contributed by atoms with Crippen LogP contribution in [-0.2, 0) is 16.4 Å². The second-order valence-corrected chi connectivity index (χ2v) is 15.1. The molecule has 0 spiro atoms. The molecule has 274 valence electrons. The lowest BCUT2D eigenvalue weighted by atomic mass is 9.93. The van der Waals surface area contributed by atoms with Crippen LogP contribution in [0.2, 0.25) is 0 Å². The van der Waals surface area contributed by atoms with Crippen molar-refractivity contribution in [2.45, 2.75) is 89.8 Å². The van der Waals surface area contributed by atoms with E-state index < -0.39 is 15.1 Å². The lowest BCUT2D eigenvalue weighted by Crippen LogP contribution is -2.13. The summed E-state index contributed by atoms with van der Waals surface area (Å²) in [5.74, 6) is 0. The maximum Gasteiger partial charge on any atom is 0.188 e. The second-order valence-electron chi connectivity index (χ2n) is 13.0. The summed E-state index contributed by atoms with van der Waals surface area (Å²) in [4.78, 5) is 0.331. The topological polar surface area (TPSA) is 63.1 Å². The van der Waals surface area contributed by atoms with Crippen LogP contribution in [-0.4, -0.2) is 40.2 Å². The van der Waals surface area contributed by atoms with Crippen LogP contribution < -0.4 is 10.6 Å². The van der Waals surface area contributed by atoms with E-state index in [2.05, 4.69) is 79.3 Å². The molecule has 0 saturated heterocycles. The normalized spacial score (nSPS) is 12.1. The van der Waals surface area contributed by atoms with Gasteiger partial charge in [0.15, 0.2) is 9.84 Å². The van der Waals surface area contributed by atoms with Crippen LogP contribution in [0.25, 0.3) is 16.5 Å².